The Morgan fingerprint density at radius 2 is 0.911 bits per heavy atom. The van der Waals surface area contributed by atoms with Gasteiger partial charge in [0.25, 0.3) is 0 Å². The molecule has 0 saturated heterocycles. The standard InChI is InChI=1S/C44H28O/c1-3-13-29(14-4-1)30-25-27-32(28-26-30)41-34-17-7-9-19-36(34)42(37-20-10-8-18-35(37)41)38-22-12-24-40-43(38)39-23-11-21-33(44(39)45-40)31-15-5-2-6-16-31/h1-28H/i1D,3D,4D,13D,14D,25D,26D,27D,28D. The van der Waals surface area contributed by atoms with E-state index in [2.05, 4.69) is 30.3 Å². The lowest BCUT2D eigenvalue weighted by atomic mass is 9.84. The molecule has 45 heavy (non-hydrogen) atoms. The van der Waals surface area contributed by atoms with Gasteiger partial charge in [0.1, 0.15) is 11.2 Å². The summed E-state index contributed by atoms with van der Waals surface area (Å²) in [6.07, 6.45) is 0. The predicted octanol–water partition coefficient (Wildman–Crippen LogP) is 12.6. The van der Waals surface area contributed by atoms with Crippen molar-refractivity contribution in [2.75, 3.05) is 0 Å². The molecule has 0 fully saturated rings. The van der Waals surface area contributed by atoms with E-state index in [0.29, 0.717) is 16.3 Å². The Bertz CT molecular complexity index is 2930. The van der Waals surface area contributed by atoms with E-state index in [1.165, 1.54) is 0 Å². The van der Waals surface area contributed by atoms with Crippen LogP contribution in [0.15, 0.2) is 174 Å². The lowest BCUT2D eigenvalue weighted by molar-refractivity contribution is 0.670. The second-order valence-electron chi connectivity index (χ2n) is 10.9. The van der Waals surface area contributed by atoms with Gasteiger partial charge in [-0.15, -0.1) is 0 Å². The Balaban J connectivity index is 1.37. The predicted molar refractivity (Wildman–Crippen MR) is 190 cm³/mol. The maximum absolute atomic E-state index is 9.33. The van der Waals surface area contributed by atoms with Crippen LogP contribution in [0.3, 0.4) is 0 Å². The van der Waals surface area contributed by atoms with Gasteiger partial charge in [-0.05, 0) is 66.6 Å². The van der Waals surface area contributed by atoms with Crippen molar-refractivity contribution in [3.8, 4) is 44.5 Å². The molecule has 210 valence electrons. The van der Waals surface area contributed by atoms with Crippen LogP contribution in [-0.2, 0) is 0 Å². The quantitative estimate of drug-likeness (QED) is 0.188. The first-order chi connectivity index (χ1) is 26.1. The molecule has 0 N–H and O–H groups in total. The molecule has 9 aromatic rings. The molecule has 1 nitrogen and oxygen atoms in total. The molecule has 0 aliphatic heterocycles. The van der Waals surface area contributed by atoms with E-state index in [1.54, 1.807) is 0 Å². The van der Waals surface area contributed by atoms with Crippen LogP contribution >= 0.6 is 0 Å². The summed E-state index contributed by atoms with van der Waals surface area (Å²) < 4.78 is 85.0. The molecule has 0 bridgehead atoms. The van der Waals surface area contributed by atoms with Crippen molar-refractivity contribution >= 4 is 43.5 Å². The molecule has 0 spiro atoms. The van der Waals surface area contributed by atoms with Crippen molar-refractivity contribution < 1.29 is 16.8 Å². The normalized spacial score (nSPS) is 14.4. The lowest BCUT2D eigenvalue weighted by Gasteiger charge is -2.18. The summed E-state index contributed by atoms with van der Waals surface area (Å²) in [5, 5.41) is 4.98. The Kier molecular flexibility index (Phi) is 4.15. The molecule has 0 aliphatic rings. The van der Waals surface area contributed by atoms with Crippen molar-refractivity contribution in [2.24, 2.45) is 0 Å². The molecule has 1 heterocycles. The van der Waals surface area contributed by atoms with E-state index < -0.39 is 42.3 Å². The summed E-state index contributed by atoms with van der Waals surface area (Å²) in [5.74, 6) is 0. The summed E-state index contributed by atoms with van der Waals surface area (Å²) in [4.78, 5) is 0. The fraction of sp³-hybridized carbons (Fsp3) is 0. The Morgan fingerprint density at radius 3 is 1.60 bits per heavy atom. The average Bonchev–Trinajstić information content (AvgIpc) is 3.59. The summed E-state index contributed by atoms with van der Waals surface area (Å²) in [6, 6.07) is 33.0. The van der Waals surface area contributed by atoms with Crippen molar-refractivity contribution in [3.05, 3.63) is 170 Å². The second kappa shape index (κ2) is 10.4. The molecular weight excluding hydrogens is 544 g/mol. The van der Waals surface area contributed by atoms with Gasteiger partial charge in [-0.25, -0.2) is 0 Å². The number of hydrogen-bond donors (Lipinski definition) is 0. The summed E-state index contributed by atoms with van der Waals surface area (Å²) in [5.41, 5.74) is 5.24. The van der Waals surface area contributed by atoms with Crippen molar-refractivity contribution in [1.82, 2.24) is 0 Å². The van der Waals surface area contributed by atoms with Gasteiger partial charge in [0.15, 0.2) is 0 Å². The van der Waals surface area contributed by atoms with Crippen LogP contribution in [0.25, 0.3) is 88.0 Å². The highest BCUT2D eigenvalue weighted by molar-refractivity contribution is 6.26. The summed E-state index contributed by atoms with van der Waals surface area (Å²) in [7, 11) is 0. The minimum Gasteiger partial charge on any atom is -0.455 e. The topological polar surface area (TPSA) is 13.1 Å². The van der Waals surface area contributed by atoms with E-state index in [1.807, 2.05) is 84.9 Å². The molecule has 0 unspecified atom stereocenters. The minimum absolute atomic E-state index is 0.0551. The Hall–Kier alpha value is -5.92. The Morgan fingerprint density at radius 1 is 0.378 bits per heavy atom. The highest BCUT2D eigenvalue weighted by Crippen LogP contribution is 2.47. The molecule has 0 saturated carbocycles. The lowest BCUT2D eigenvalue weighted by Crippen LogP contribution is -1.91. The molecule has 0 atom stereocenters. The zero-order valence-electron chi connectivity index (χ0n) is 32.9. The van der Waals surface area contributed by atoms with Gasteiger partial charge in [-0.1, -0.05) is 164 Å². The summed E-state index contributed by atoms with van der Waals surface area (Å²) in [6.45, 7) is 0. The van der Waals surface area contributed by atoms with Gasteiger partial charge in [-0.2, -0.15) is 0 Å². The van der Waals surface area contributed by atoms with Crippen LogP contribution in [0.2, 0.25) is 0 Å². The van der Waals surface area contributed by atoms with Crippen LogP contribution < -0.4 is 0 Å². The van der Waals surface area contributed by atoms with Gasteiger partial charge in [0.2, 0.25) is 0 Å². The maximum Gasteiger partial charge on any atom is 0.143 e. The van der Waals surface area contributed by atoms with Crippen molar-refractivity contribution in [3.63, 3.8) is 0 Å². The monoisotopic (exact) mass is 581 g/mol. The van der Waals surface area contributed by atoms with Gasteiger partial charge in [-0.3, -0.25) is 0 Å². The fourth-order valence-electron chi connectivity index (χ4n) is 6.53. The minimum atomic E-state index is -0.615. The third-order valence-corrected chi connectivity index (χ3v) is 8.43. The molecule has 0 radical (unpaired) electrons. The zero-order valence-corrected chi connectivity index (χ0v) is 23.9. The molecule has 8 aromatic carbocycles. The fourth-order valence-corrected chi connectivity index (χ4v) is 6.53. The molecule has 1 heteroatoms. The van der Waals surface area contributed by atoms with E-state index in [9.17, 15) is 2.74 Å². The van der Waals surface area contributed by atoms with Gasteiger partial charge >= 0.3 is 0 Å². The van der Waals surface area contributed by atoms with E-state index >= 15 is 0 Å². The molecule has 1 aromatic heterocycles. The molecule has 9 rings (SSSR count). The first kappa shape index (κ1) is 18.0. The van der Waals surface area contributed by atoms with Gasteiger partial charge in [0.05, 0.1) is 12.3 Å². The smallest absolute Gasteiger partial charge is 0.143 e. The summed E-state index contributed by atoms with van der Waals surface area (Å²) >= 11 is 0. The largest absolute Gasteiger partial charge is 0.455 e. The molecule has 0 aliphatic carbocycles. The SMILES string of the molecule is [2H]c1c([2H])c([2H])c(-c2c([2H])c([2H])c(-c3c4ccccc4c(-c4cccc5oc6c(-c7ccccc7)cccc6c45)c4ccccc34)c([2H])c2[2H])c([2H])c1[2H]. The van der Waals surface area contributed by atoms with E-state index in [-0.39, 0.29) is 28.8 Å². The Labute approximate surface area is 274 Å². The number of fused-ring (bicyclic) bond motifs is 5. The highest BCUT2D eigenvalue weighted by Gasteiger charge is 2.21. The van der Waals surface area contributed by atoms with Crippen LogP contribution in [0, 0.1) is 0 Å². The molecule has 0 amide bonds. The maximum atomic E-state index is 9.33. The van der Waals surface area contributed by atoms with Crippen LogP contribution in [-0.4, -0.2) is 0 Å². The number of hydrogen-bond acceptors (Lipinski definition) is 1. The highest BCUT2D eigenvalue weighted by atomic mass is 16.3. The number of rotatable bonds is 4. The van der Waals surface area contributed by atoms with Crippen molar-refractivity contribution in [1.29, 1.82) is 0 Å². The average molecular weight is 582 g/mol. The number of furan rings is 1. The second-order valence-corrected chi connectivity index (χ2v) is 10.9. The third kappa shape index (κ3) is 4.09. The first-order valence-electron chi connectivity index (χ1n) is 19.2. The van der Waals surface area contributed by atoms with Gasteiger partial charge in [0, 0.05) is 16.3 Å². The van der Waals surface area contributed by atoms with E-state index in [4.69, 9.17) is 14.0 Å². The first-order valence-corrected chi connectivity index (χ1v) is 14.7. The number of para-hydroxylation sites is 1. The third-order valence-electron chi connectivity index (χ3n) is 8.43. The van der Waals surface area contributed by atoms with Crippen LogP contribution in [0.4, 0.5) is 0 Å². The van der Waals surface area contributed by atoms with Crippen LogP contribution in [0.1, 0.15) is 12.3 Å². The van der Waals surface area contributed by atoms with Gasteiger partial charge < -0.3 is 4.42 Å². The molecular formula is C44H28O. The van der Waals surface area contributed by atoms with Crippen molar-refractivity contribution in [2.45, 2.75) is 0 Å². The van der Waals surface area contributed by atoms with Crippen LogP contribution in [0.5, 0.6) is 0 Å². The van der Waals surface area contributed by atoms with E-state index in [0.717, 1.165) is 55.0 Å². The number of benzene rings is 8. The zero-order chi connectivity index (χ0) is 37.6.